The van der Waals surface area contributed by atoms with E-state index < -0.39 is 47.4 Å². The summed E-state index contributed by atoms with van der Waals surface area (Å²) in [4.78, 5) is 17.0. The lowest BCUT2D eigenvalue weighted by Gasteiger charge is -2.40. The maximum Gasteiger partial charge on any atom is 0.416 e. The van der Waals surface area contributed by atoms with Gasteiger partial charge in [0.1, 0.15) is 5.82 Å². The maximum atomic E-state index is 13.8. The highest BCUT2D eigenvalue weighted by atomic mass is 19.4. The molecule has 41 heavy (non-hydrogen) atoms. The molecule has 4 rings (SSSR count). The van der Waals surface area contributed by atoms with E-state index in [1.807, 2.05) is 18.9 Å². The Labute approximate surface area is 234 Å². The van der Waals surface area contributed by atoms with Crippen molar-refractivity contribution < 1.29 is 45.0 Å². The average molecular weight is 591 g/mol. The van der Waals surface area contributed by atoms with Crippen LogP contribution in [0.3, 0.4) is 0 Å². The summed E-state index contributed by atoms with van der Waals surface area (Å²) in [6, 6.07) is 6.62. The Kier molecular flexibility index (Phi) is 9.35. The fraction of sp³-hybridized carbons (Fsp3) is 0.552. The third kappa shape index (κ3) is 7.21. The largest absolute Gasteiger partial charge is 0.416 e. The van der Waals surface area contributed by atoms with Crippen molar-refractivity contribution in [1.82, 2.24) is 9.80 Å². The molecule has 1 amide bonds. The summed E-state index contributed by atoms with van der Waals surface area (Å²) < 4.78 is 106. The van der Waals surface area contributed by atoms with Crippen LogP contribution in [0.25, 0.3) is 0 Å². The number of amides is 1. The summed E-state index contributed by atoms with van der Waals surface area (Å²) in [7, 11) is 1.90. The van der Waals surface area contributed by atoms with Crippen molar-refractivity contribution in [3.63, 3.8) is 0 Å². The SMILES string of the molecule is CCOCCN(C)C1CC(=O)N2C[C@H](O[C@H](C)c3cc(C(F)(F)F)cc(C(F)(F)F)c3)C(c3ccc(F)cc3)[C@@H]2C1. The third-order valence-corrected chi connectivity index (χ3v) is 7.97. The fourth-order valence-electron chi connectivity index (χ4n) is 5.80. The number of likely N-dealkylation sites (N-methyl/N-ethyl adjacent to an activating group) is 1. The quantitative estimate of drug-likeness (QED) is 0.249. The van der Waals surface area contributed by atoms with Gasteiger partial charge >= 0.3 is 12.4 Å². The number of benzene rings is 2. The summed E-state index contributed by atoms with van der Waals surface area (Å²) in [5.41, 5.74) is -2.47. The lowest BCUT2D eigenvalue weighted by Crippen LogP contribution is -2.51. The number of hydrogen-bond acceptors (Lipinski definition) is 4. The fourth-order valence-corrected chi connectivity index (χ4v) is 5.80. The van der Waals surface area contributed by atoms with Crippen LogP contribution in [0.2, 0.25) is 0 Å². The van der Waals surface area contributed by atoms with Crippen LogP contribution in [0.1, 0.15) is 61.0 Å². The second kappa shape index (κ2) is 12.3. The van der Waals surface area contributed by atoms with Crippen LogP contribution in [-0.2, 0) is 26.6 Å². The first-order chi connectivity index (χ1) is 19.2. The van der Waals surface area contributed by atoms with Crippen molar-refractivity contribution in [3.05, 3.63) is 70.5 Å². The minimum absolute atomic E-state index is 0.0776. The van der Waals surface area contributed by atoms with Crippen LogP contribution < -0.4 is 0 Å². The molecule has 2 aliphatic rings. The van der Waals surface area contributed by atoms with Crippen LogP contribution in [0.4, 0.5) is 30.7 Å². The molecule has 5 nitrogen and oxygen atoms in total. The summed E-state index contributed by atoms with van der Waals surface area (Å²) in [6.45, 7) is 5.05. The van der Waals surface area contributed by atoms with Gasteiger partial charge in [-0.15, -0.1) is 0 Å². The van der Waals surface area contributed by atoms with Crippen molar-refractivity contribution in [2.75, 3.05) is 33.4 Å². The molecule has 0 saturated carbocycles. The van der Waals surface area contributed by atoms with Crippen LogP contribution >= 0.6 is 0 Å². The first kappa shape index (κ1) is 31.2. The van der Waals surface area contributed by atoms with Gasteiger partial charge in [0.2, 0.25) is 5.91 Å². The second-order valence-corrected chi connectivity index (χ2v) is 10.6. The van der Waals surface area contributed by atoms with Gasteiger partial charge in [0, 0.05) is 44.1 Å². The van der Waals surface area contributed by atoms with Crippen molar-refractivity contribution in [3.8, 4) is 0 Å². The molecule has 2 fully saturated rings. The van der Waals surface area contributed by atoms with Crippen LogP contribution in [0, 0.1) is 5.82 Å². The number of piperidine rings is 1. The molecule has 2 aliphatic heterocycles. The molecular formula is C29H33F7N2O3. The first-order valence-corrected chi connectivity index (χ1v) is 13.5. The number of halogens is 7. The summed E-state index contributed by atoms with van der Waals surface area (Å²) >= 11 is 0. The summed E-state index contributed by atoms with van der Waals surface area (Å²) in [6.07, 6.45) is -11.1. The predicted octanol–water partition coefficient (Wildman–Crippen LogP) is 6.43. The monoisotopic (exact) mass is 590 g/mol. The molecule has 0 radical (unpaired) electrons. The van der Waals surface area contributed by atoms with Gasteiger partial charge in [0.15, 0.2) is 0 Å². The lowest BCUT2D eigenvalue weighted by molar-refractivity contribution is -0.143. The molecular weight excluding hydrogens is 557 g/mol. The van der Waals surface area contributed by atoms with Gasteiger partial charge in [-0.1, -0.05) is 12.1 Å². The van der Waals surface area contributed by atoms with Crippen LogP contribution in [0.15, 0.2) is 42.5 Å². The van der Waals surface area contributed by atoms with Gasteiger partial charge in [0.05, 0.1) is 29.9 Å². The van der Waals surface area contributed by atoms with E-state index >= 15 is 0 Å². The molecule has 2 aromatic carbocycles. The molecule has 5 atom stereocenters. The van der Waals surface area contributed by atoms with Gasteiger partial charge in [-0.3, -0.25) is 4.79 Å². The second-order valence-electron chi connectivity index (χ2n) is 10.6. The highest BCUT2D eigenvalue weighted by molar-refractivity contribution is 5.79. The Bertz CT molecular complexity index is 1170. The molecule has 0 spiro atoms. The molecule has 226 valence electrons. The molecule has 2 saturated heterocycles. The van der Waals surface area contributed by atoms with E-state index in [1.54, 1.807) is 17.0 Å². The number of fused-ring (bicyclic) bond motifs is 1. The summed E-state index contributed by atoms with van der Waals surface area (Å²) in [5.74, 6) is -1.07. The Balaban J connectivity index is 1.64. The Morgan fingerprint density at radius 3 is 2.20 bits per heavy atom. The van der Waals surface area contributed by atoms with E-state index in [2.05, 4.69) is 0 Å². The first-order valence-electron chi connectivity index (χ1n) is 13.5. The maximum absolute atomic E-state index is 13.8. The number of ether oxygens (including phenoxy) is 2. The van der Waals surface area contributed by atoms with E-state index in [0.717, 1.165) is 0 Å². The lowest BCUT2D eigenvalue weighted by atomic mass is 9.84. The minimum atomic E-state index is -4.99. The van der Waals surface area contributed by atoms with Crippen molar-refractivity contribution in [2.45, 2.75) is 69.3 Å². The van der Waals surface area contributed by atoms with Crippen LogP contribution in [0.5, 0.6) is 0 Å². The van der Waals surface area contributed by atoms with Gasteiger partial charge in [-0.05, 0) is 68.8 Å². The smallest absolute Gasteiger partial charge is 0.380 e. The summed E-state index contributed by atoms with van der Waals surface area (Å²) in [5, 5.41) is 0. The minimum Gasteiger partial charge on any atom is -0.380 e. The van der Waals surface area contributed by atoms with Crippen molar-refractivity contribution in [2.24, 2.45) is 0 Å². The highest BCUT2D eigenvalue weighted by Crippen LogP contribution is 2.44. The van der Waals surface area contributed by atoms with Gasteiger partial charge in [0.25, 0.3) is 0 Å². The Hall–Kier alpha value is -2.70. The number of carbonyl (C=O) groups is 1. The standard InChI is InChI=1S/C29H33F7N2O3/c1-4-40-10-9-37(3)23-14-24-27(18-5-7-22(30)8-6-18)25(16-38(24)26(39)15-23)41-17(2)19-11-20(28(31,32)33)13-21(12-19)29(34,35)36/h5-8,11-13,17,23-25,27H,4,9-10,14-16H2,1-3H3/t17-,23?,24+,25+,27?/m1/s1. The molecule has 2 aromatic rings. The van der Waals surface area contributed by atoms with Gasteiger partial charge < -0.3 is 19.3 Å². The van der Waals surface area contributed by atoms with E-state index in [1.165, 1.54) is 19.1 Å². The number of nitrogens with zero attached hydrogens (tertiary/aromatic N) is 2. The molecule has 12 heteroatoms. The molecule has 0 aromatic heterocycles. The van der Waals surface area contributed by atoms with Gasteiger partial charge in [-0.2, -0.15) is 26.3 Å². The zero-order valence-corrected chi connectivity index (χ0v) is 22.9. The number of alkyl halides is 6. The number of hydrogen-bond donors (Lipinski definition) is 0. The highest BCUT2D eigenvalue weighted by Gasteiger charge is 2.50. The predicted molar refractivity (Wildman–Crippen MR) is 137 cm³/mol. The number of rotatable bonds is 9. The Morgan fingerprint density at radius 2 is 1.63 bits per heavy atom. The van der Waals surface area contributed by atoms with E-state index in [4.69, 9.17) is 9.47 Å². The normalized spacial score (nSPS) is 24.2. The van der Waals surface area contributed by atoms with Crippen molar-refractivity contribution in [1.29, 1.82) is 0 Å². The third-order valence-electron chi connectivity index (χ3n) is 7.97. The van der Waals surface area contributed by atoms with E-state index in [-0.39, 0.29) is 42.6 Å². The Morgan fingerprint density at radius 1 is 1.02 bits per heavy atom. The van der Waals surface area contributed by atoms with Gasteiger partial charge in [-0.25, -0.2) is 4.39 Å². The average Bonchev–Trinajstić information content (AvgIpc) is 3.26. The van der Waals surface area contributed by atoms with Crippen molar-refractivity contribution >= 4 is 5.91 Å². The zero-order chi connectivity index (χ0) is 30.1. The molecule has 2 heterocycles. The number of carbonyl (C=O) groups excluding carboxylic acids is 1. The molecule has 0 bridgehead atoms. The molecule has 0 aliphatic carbocycles. The topological polar surface area (TPSA) is 42.0 Å². The van der Waals surface area contributed by atoms with E-state index in [9.17, 15) is 35.5 Å². The zero-order valence-electron chi connectivity index (χ0n) is 22.9. The molecule has 0 N–H and O–H groups in total. The van der Waals surface area contributed by atoms with Crippen LogP contribution in [-0.4, -0.2) is 67.2 Å². The molecule has 2 unspecified atom stereocenters. The van der Waals surface area contributed by atoms with E-state index in [0.29, 0.717) is 43.9 Å².